The highest BCUT2D eigenvalue weighted by Crippen LogP contribution is 2.24. The zero-order chi connectivity index (χ0) is 13.5. The fourth-order valence-electron chi connectivity index (χ4n) is 2.60. The smallest absolute Gasteiger partial charge is 0.123 e. The first-order valence-electron chi connectivity index (χ1n) is 7.44. The van der Waals surface area contributed by atoms with Gasteiger partial charge in [-0.1, -0.05) is 42.1 Å². The Morgan fingerprint density at radius 3 is 2.70 bits per heavy atom. The molecule has 0 aliphatic heterocycles. The normalized spacial score (nSPS) is 15.7. The van der Waals surface area contributed by atoms with Crippen LogP contribution in [0.25, 0.3) is 0 Å². The Labute approximate surface area is 137 Å². The van der Waals surface area contributed by atoms with E-state index in [-0.39, 0.29) is 12.4 Å². The summed E-state index contributed by atoms with van der Waals surface area (Å²) in [5.41, 5.74) is 1.26. The Bertz CT molecular complexity index is 394. The second kappa shape index (κ2) is 9.64. The second-order valence-corrected chi connectivity index (χ2v) is 6.23. The largest absolute Gasteiger partial charge is 0.493 e. The Balaban J connectivity index is 0.00000200. The van der Waals surface area contributed by atoms with Gasteiger partial charge in [-0.05, 0) is 37.5 Å². The molecule has 1 aliphatic rings. The van der Waals surface area contributed by atoms with Gasteiger partial charge in [-0.3, -0.25) is 0 Å². The van der Waals surface area contributed by atoms with Crippen molar-refractivity contribution in [1.82, 2.24) is 5.32 Å². The van der Waals surface area contributed by atoms with Gasteiger partial charge in [0.15, 0.2) is 0 Å². The Morgan fingerprint density at radius 1 is 1.25 bits per heavy atom. The maximum absolute atomic E-state index is 5.82. The zero-order valence-corrected chi connectivity index (χ0v) is 14.6. The first kappa shape index (κ1) is 17.8. The fraction of sp³-hybridized carbons (Fsp3) is 0.625. The Morgan fingerprint density at radius 2 is 2.00 bits per heavy atom. The number of benzene rings is 1. The molecule has 1 N–H and O–H groups in total. The van der Waals surface area contributed by atoms with Gasteiger partial charge in [-0.25, -0.2) is 0 Å². The number of nitrogens with one attached hydrogen (secondary N) is 1. The molecule has 1 saturated carbocycles. The molecule has 0 unspecified atom stereocenters. The molecule has 2 rings (SSSR count). The average molecular weight is 363 g/mol. The van der Waals surface area contributed by atoms with E-state index in [1.54, 1.807) is 0 Å². The molecule has 0 atom stereocenters. The van der Waals surface area contributed by atoms with Gasteiger partial charge in [-0.2, -0.15) is 0 Å². The van der Waals surface area contributed by atoms with Gasteiger partial charge in [0.1, 0.15) is 5.75 Å². The average Bonchev–Trinajstić information content (AvgIpc) is 2.45. The lowest BCUT2D eigenvalue weighted by Crippen LogP contribution is -2.30. The van der Waals surface area contributed by atoms with Crippen LogP contribution in [0.1, 0.15) is 51.0 Å². The lowest BCUT2D eigenvalue weighted by atomic mass is 9.95. The standard InChI is InChI=1S/C16H24BrNO.ClH/c1-2-10-19-16-9-8-14(17)11-13(16)12-18-15-6-4-3-5-7-15;/h8-9,11,15,18H,2-7,10,12H2,1H3;1H. The first-order valence-corrected chi connectivity index (χ1v) is 8.23. The number of hydrogen-bond donors (Lipinski definition) is 1. The van der Waals surface area contributed by atoms with Crippen LogP contribution in [0, 0.1) is 0 Å². The monoisotopic (exact) mass is 361 g/mol. The molecule has 0 aromatic heterocycles. The van der Waals surface area contributed by atoms with Crippen LogP contribution in [0.5, 0.6) is 5.75 Å². The zero-order valence-electron chi connectivity index (χ0n) is 12.2. The van der Waals surface area contributed by atoms with E-state index in [0.717, 1.165) is 29.8 Å². The molecular formula is C16H25BrClNO. The molecule has 0 amide bonds. The number of halogens is 2. The van der Waals surface area contributed by atoms with Crippen LogP contribution in [-0.4, -0.2) is 12.6 Å². The van der Waals surface area contributed by atoms with E-state index in [2.05, 4.69) is 46.4 Å². The van der Waals surface area contributed by atoms with Crippen molar-refractivity contribution in [3.05, 3.63) is 28.2 Å². The molecular weight excluding hydrogens is 338 g/mol. The van der Waals surface area contributed by atoms with E-state index in [1.165, 1.54) is 37.7 Å². The third-order valence-corrected chi connectivity index (χ3v) is 4.16. The van der Waals surface area contributed by atoms with Crippen LogP contribution in [0.15, 0.2) is 22.7 Å². The number of ether oxygens (including phenoxy) is 1. The number of hydrogen-bond acceptors (Lipinski definition) is 2. The van der Waals surface area contributed by atoms with E-state index >= 15 is 0 Å². The van der Waals surface area contributed by atoms with Crippen LogP contribution in [0.2, 0.25) is 0 Å². The van der Waals surface area contributed by atoms with Gasteiger partial charge in [-0.15, -0.1) is 12.4 Å². The molecule has 4 heteroatoms. The molecule has 1 aliphatic carbocycles. The van der Waals surface area contributed by atoms with E-state index in [0.29, 0.717) is 6.04 Å². The van der Waals surface area contributed by atoms with Crippen LogP contribution in [0.3, 0.4) is 0 Å². The van der Waals surface area contributed by atoms with Gasteiger partial charge in [0.05, 0.1) is 6.61 Å². The molecule has 114 valence electrons. The van der Waals surface area contributed by atoms with Gasteiger partial charge in [0, 0.05) is 22.6 Å². The van der Waals surface area contributed by atoms with Crippen LogP contribution in [0.4, 0.5) is 0 Å². The SMILES string of the molecule is CCCOc1ccc(Br)cc1CNC1CCCCC1.Cl. The van der Waals surface area contributed by atoms with Crippen molar-refractivity contribution in [1.29, 1.82) is 0 Å². The fourth-order valence-corrected chi connectivity index (χ4v) is 3.01. The summed E-state index contributed by atoms with van der Waals surface area (Å²) >= 11 is 3.55. The van der Waals surface area contributed by atoms with Crippen molar-refractivity contribution in [2.45, 2.75) is 58.0 Å². The van der Waals surface area contributed by atoms with Crippen molar-refractivity contribution in [2.75, 3.05) is 6.61 Å². The minimum atomic E-state index is 0. The molecule has 0 bridgehead atoms. The summed E-state index contributed by atoms with van der Waals surface area (Å²) < 4.78 is 6.94. The topological polar surface area (TPSA) is 21.3 Å². The van der Waals surface area contributed by atoms with Gasteiger partial charge < -0.3 is 10.1 Å². The third kappa shape index (κ3) is 5.63. The summed E-state index contributed by atoms with van der Waals surface area (Å²) in [6.07, 6.45) is 7.83. The van der Waals surface area contributed by atoms with Crippen LogP contribution >= 0.6 is 28.3 Å². The molecule has 1 aromatic carbocycles. The molecule has 2 nitrogen and oxygen atoms in total. The molecule has 20 heavy (non-hydrogen) atoms. The maximum atomic E-state index is 5.82. The van der Waals surface area contributed by atoms with E-state index in [9.17, 15) is 0 Å². The number of rotatable bonds is 6. The van der Waals surface area contributed by atoms with Crippen molar-refractivity contribution in [2.24, 2.45) is 0 Å². The van der Waals surface area contributed by atoms with Crippen molar-refractivity contribution >= 4 is 28.3 Å². The third-order valence-electron chi connectivity index (χ3n) is 3.67. The minimum Gasteiger partial charge on any atom is -0.493 e. The molecule has 0 radical (unpaired) electrons. The second-order valence-electron chi connectivity index (χ2n) is 5.32. The van der Waals surface area contributed by atoms with Gasteiger partial charge in [0.25, 0.3) is 0 Å². The van der Waals surface area contributed by atoms with E-state index in [1.807, 2.05) is 0 Å². The van der Waals surface area contributed by atoms with Crippen molar-refractivity contribution in [3.8, 4) is 5.75 Å². The highest BCUT2D eigenvalue weighted by molar-refractivity contribution is 9.10. The lowest BCUT2D eigenvalue weighted by molar-refractivity contribution is 0.310. The van der Waals surface area contributed by atoms with Crippen molar-refractivity contribution < 1.29 is 4.74 Å². The molecule has 0 heterocycles. The molecule has 0 spiro atoms. The lowest BCUT2D eigenvalue weighted by Gasteiger charge is -2.23. The highest BCUT2D eigenvalue weighted by atomic mass is 79.9. The summed E-state index contributed by atoms with van der Waals surface area (Å²) in [7, 11) is 0. The van der Waals surface area contributed by atoms with Gasteiger partial charge in [0.2, 0.25) is 0 Å². The van der Waals surface area contributed by atoms with Crippen molar-refractivity contribution in [3.63, 3.8) is 0 Å². The predicted molar refractivity (Wildman–Crippen MR) is 90.9 cm³/mol. The summed E-state index contributed by atoms with van der Waals surface area (Å²) in [6, 6.07) is 6.97. The minimum absolute atomic E-state index is 0. The van der Waals surface area contributed by atoms with Crippen LogP contribution < -0.4 is 10.1 Å². The van der Waals surface area contributed by atoms with Gasteiger partial charge >= 0.3 is 0 Å². The summed E-state index contributed by atoms with van der Waals surface area (Å²) in [5.74, 6) is 1.02. The predicted octanol–water partition coefficient (Wildman–Crippen LogP) is 5.08. The molecule has 1 aromatic rings. The Kier molecular flexibility index (Phi) is 8.58. The highest BCUT2D eigenvalue weighted by Gasteiger charge is 2.13. The Hall–Kier alpha value is -0.250. The molecule has 0 saturated heterocycles. The summed E-state index contributed by atoms with van der Waals surface area (Å²) in [6.45, 7) is 3.83. The molecule has 1 fully saturated rings. The maximum Gasteiger partial charge on any atom is 0.123 e. The quantitative estimate of drug-likeness (QED) is 0.761. The first-order chi connectivity index (χ1) is 9.29. The van der Waals surface area contributed by atoms with E-state index < -0.39 is 0 Å². The van der Waals surface area contributed by atoms with E-state index in [4.69, 9.17) is 4.74 Å². The van der Waals surface area contributed by atoms with Crippen LogP contribution in [-0.2, 0) is 6.54 Å². The summed E-state index contributed by atoms with van der Waals surface area (Å²) in [4.78, 5) is 0. The summed E-state index contributed by atoms with van der Waals surface area (Å²) in [5, 5.41) is 3.68.